The lowest BCUT2D eigenvalue weighted by atomic mass is 10.00. The van der Waals surface area contributed by atoms with E-state index in [0.717, 1.165) is 16.5 Å². The first kappa shape index (κ1) is 16.3. The lowest BCUT2D eigenvalue weighted by Crippen LogP contribution is -2.06. The van der Waals surface area contributed by atoms with E-state index in [1.807, 2.05) is 39.8 Å². The van der Waals surface area contributed by atoms with Crippen LogP contribution in [0, 0.1) is 6.92 Å². The Labute approximate surface area is 121 Å². The smallest absolute Gasteiger partial charge is 0.355 e. The van der Waals surface area contributed by atoms with Crippen molar-refractivity contribution in [3.63, 3.8) is 0 Å². The van der Waals surface area contributed by atoms with Crippen LogP contribution in [-0.2, 0) is 4.74 Å². The van der Waals surface area contributed by atoms with E-state index in [1.54, 1.807) is 0 Å². The van der Waals surface area contributed by atoms with Gasteiger partial charge in [-0.25, -0.2) is 4.79 Å². The lowest BCUT2D eigenvalue weighted by Gasteiger charge is -2.06. The van der Waals surface area contributed by atoms with Gasteiger partial charge in [0.2, 0.25) is 0 Å². The second-order valence-electron chi connectivity index (χ2n) is 4.77. The molecule has 1 N–H and O–H groups in total. The SMILES string of the molecule is CC.CCOC(=O)c1[nH]c2c(C(C)C)cccc2c1C. The Morgan fingerprint density at radius 1 is 1.30 bits per heavy atom. The number of esters is 1. The molecule has 0 aliphatic heterocycles. The maximum Gasteiger partial charge on any atom is 0.355 e. The second-order valence-corrected chi connectivity index (χ2v) is 4.77. The molecule has 3 nitrogen and oxygen atoms in total. The summed E-state index contributed by atoms with van der Waals surface area (Å²) in [6.45, 7) is 12.5. The summed E-state index contributed by atoms with van der Waals surface area (Å²) < 4.78 is 5.07. The van der Waals surface area contributed by atoms with Crippen molar-refractivity contribution in [2.75, 3.05) is 6.61 Å². The fraction of sp³-hybridized carbons (Fsp3) is 0.471. The zero-order chi connectivity index (χ0) is 15.3. The van der Waals surface area contributed by atoms with Crippen LogP contribution < -0.4 is 0 Å². The summed E-state index contributed by atoms with van der Waals surface area (Å²) in [6.07, 6.45) is 0. The van der Waals surface area contributed by atoms with Crippen molar-refractivity contribution in [3.8, 4) is 0 Å². The zero-order valence-electron chi connectivity index (χ0n) is 13.3. The number of para-hydroxylation sites is 1. The molecule has 110 valence electrons. The van der Waals surface area contributed by atoms with Crippen LogP contribution in [-0.4, -0.2) is 17.6 Å². The molecule has 1 aromatic heterocycles. The molecule has 0 radical (unpaired) electrons. The molecule has 0 bridgehead atoms. The number of nitrogens with one attached hydrogen (secondary N) is 1. The Kier molecular flexibility index (Phi) is 5.81. The molecule has 0 saturated heterocycles. The summed E-state index contributed by atoms with van der Waals surface area (Å²) in [5, 5.41) is 1.10. The molecule has 0 saturated carbocycles. The first-order valence-corrected chi connectivity index (χ1v) is 7.34. The molecule has 0 spiro atoms. The highest BCUT2D eigenvalue weighted by molar-refractivity contribution is 5.99. The van der Waals surface area contributed by atoms with E-state index in [4.69, 9.17) is 4.74 Å². The highest BCUT2D eigenvalue weighted by Gasteiger charge is 2.17. The fourth-order valence-electron chi connectivity index (χ4n) is 2.26. The van der Waals surface area contributed by atoms with Crippen molar-refractivity contribution >= 4 is 16.9 Å². The average Bonchev–Trinajstić information content (AvgIpc) is 2.79. The number of hydrogen-bond donors (Lipinski definition) is 1. The van der Waals surface area contributed by atoms with E-state index in [-0.39, 0.29) is 5.97 Å². The van der Waals surface area contributed by atoms with Crippen LogP contribution in [0.5, 0.6) is 0 Å². The van der Waals surface area contributed by atoms with Crippen molar-refractivity contribution in [1.82, 2.24) is 4.98 Å². The number of aromatic nitrogens is 1. The maximum atomic E-state index is 11.9. The van der Waals surface area contributed by atoms with Crippen molar-refractivity contribution in [2.45, 2.75) is 47.5 Å². The van der Waals surface area contributed by atoms with E-state index < -0.39 is 0 Å². The maximum absolute atomic E-state index is 11.9. The number of H-pyrrole nitrogens is 1. The third-order valence-corrected chi connectivity index (χ3v) is 3.23. The third-order valence-electron chi connectivity index (χ3n) is 3.23. The van der Waals surface area contributed by atoms with Crippen LogP contribution >= 0.6 is 0 Å². The topological polar surface area (TPSA) is 42.1 Å². The highest BCUT2D eigenvalue weighted by atomic mass is 16.5. The highest BCUT2D eigenvalue weighted by Crippen LogP contribution is 2.29. The minimum atomic E-state index is -0.277. The Bertz CT molecular complexity index is 582. The van der Waals surface area contributed by atoms with Gasteiger partial charge in [-0.15, -0.1) is 0 Å². The van der Waals surface area contributed by atoms with Gasteiger partial charge in [-0.2, -0.15) is 0 Å². The standard InChI is InChI=1S/C15H19NO2.C2H6/c1-5-18-15(17)13-10(4)12-8-6-7-11(9(2)3)14(12)16-13;1-2/h6-9,16H,5H2,1-4H3;1-2H3. The van der Waals surface area contributed by atoms with Gasteiger partial charge in [0.15, 0.2) is 0 Å². The van der Waals surface area contributed by atoms with Crippen molar-refractivity contribution in [2.24, 2.45) is 0 Å². The number of aromatic amines is 1. The molecule has 2 aromatic rings. The monoisotopic (exact) mass is 275 g/mol. The molecular weight excluding hydrogens is 250 g/mol. The minimum absolute atomic E-state index is 0.277. The number of carbonyl (C=O) groups excluding carboxylic acids is 1. The van der Waals surface area contributed by atoms with Gasteiger partial charge in [-0.05, 0) is 30.9 Å². The normalized spacial score (nSPS) is 10.3. The summed E-state index contributed by atoms with van der Waals surface area (Å²) in [7, 11) is 0. The number of aryl methyl sites for hydroxylation is 1. The Balaban J connectivity index is 0.000000956. The molecule has 1 aromatic carbocycles. The van der Waals surface area contributed by atoms with Gasteiger partial charge < -0.3 is 9.72 Å². The predicted octanol–water partition coefficient (Wildman–Crippen LogP) is 4.80. The van der Waals surface area contributed by atoms with E-state index in [1.165, 1.54) is 5.56 Å². The predicted molar refractivity (Wildman–Crippen MR) is 84.4 cm³/mol. The molecule has 0 amide bonds. The van der Waals surface area contributed by atoms with Crippen LogP contribution in [0.1, 0.15) is 62.2 Å². The first-order valence-electron chi connectivity index (χ1n) is 7.34. The Morgan fingerprint density at radius 2 is 1.95 bits per heavy atom. The van der Waals surface area contributed by atoms with Gasteiger partial charge in [-0.1, -0.05) is 45.9 Å². The van der Waals surface area contributed by atoms with Gasteiger partial charge in [0.25, 0.3) is 0 Å². The average molecular weight is 275 g/mol. The van der Waals surface area contributed by atoms with Gasteiger partial charge in [0.1, 0.15) is 5.69 Å². The molecule has 3 heteroatoms. The van der Waals surface area contributed by atoms with Crippen LogP contribution in [0.2, 0.25) is 0 Å². The molecule has 0 unspecified atom stereocenters. The summed E-state index contributed by atoms with van der Waals surface area (Å²) in [5.74, 6) is 0.141. The van der Waals surface area contributed by atoms with E-state index in [9.17, 15) is 4.79 Å². The molecule has 0 fully saturated rings. The summed E-state index contributed by atoms with van der Waals surface area (Å²) in [5.41, 5.74) is 3.81. The Hall–Kier alpha value is -1.77. The van der Waals surface area contributed by atoms with Crippen LogP contribution in [0.4, 0.5) is 0 Å². The number of carbonyl (C=O) groups is 1. The number of benzene rings is 1. The van der Waals surface area contributed by atoms with Crippen molar-refractivity contribution in [1.29, 1.82) is 0 Å². The van der Waals surface area contributed by atoms with Crippen LogP contribution in [0.15, 0.2) is 18.2 Å². The summed E-state index contributed by atoms with van der Waals surface area (Å²) >= 11 is 0. The van der Waals surface area contributed by atoms with E-state index in [2.05, 4.69) is 24.9 Å². The molecule has 20 heavy (non-hydrogen) atoms. The molecule has 1 heterocycles. The van der Waals surface area contributed by atoms with Gasteiger partial charge in [0.05, 0.1) is 6.61 Å². The molecule has 0 aliphatic rings. The van der Waals surface area contributed by atoms with Gasteiger partial charge in [0, 0.05) is 10.9 Å². The largest absolute Gasteiger partial charge is 0.461 e. The van der Waals surface area contributed by atoms with Crippen LogP contribution in [0.25, 0.3) is 10.9 Å². The molecule has 0 atom stereocenters. The number of fused-ring (bicyclic) bond motifs is 1. The number of rotatable bonds is 3. The summed E-state index contributed by atoms with van der Waals surface area (Å²) in [4.78, 5) is 15.1. The molecular formula is C17H25NO2. The van der Waals surface area contributed by atoms with Crippen LogP contribution in [0.3, 0.4) is 0 Å². The third kappa shape index (κ3) is 3.03. The van der Waals surface area contributed by atoms with Gasteiger partial charge >= 0.3 is 5.97 Å². The Morgan fingerprint density at radius 3 is 2.50 bits per heavy atom. The fourth-order valence-corrected chi connectivity index (χ4v) is 2.26. The molecule has 0 aliphatic carbocycles. The first-order chi connectivity index (χ1) is 9.56. The van der Waals surface area contributed by atoms with E-state index >= 15 is 0 Å². The van der Waals surface area contributed by atoms with Crippen molar-refractivity contribution in [3.05, 3.63) is 35.0 Å². The quantitative estimate of drug-likeness (QED) is 0.817. The number of ether oxygens (including phenoxy) is 1. The second kappa shape index (κ2) is 7.13. The summed E-state index contributed by atoms with van der Waals surface area (Å²) in [6, 6.07) is 6.17. The molecule has 2 rings (SSSR count). The van der Waals surface area contributed by atoms with Gasteiger partial charge in [-0.3, -0.25) is 0 Å². The van der Waals surface area contributed by atoms with Crippen molar-refractivity contribution < 1.29 is 9.53 Å². The lowest BCUT2D eigenvalue weighted by molar-refractivity contribution is 0.0520. The number of hydrogen-bond acceptors (Lipinski definition) is 2. The minimum Gasteiger partial charge on any atom is -0.461 e. The zero-order valence-corrected chi connectivity index (χ0v) is 13.3. The van der Waals surface area contributed by atoms with E-state index in [0.29, 0.717) is 18.2 Å².